The van der Waals surface area contributed by atoms with Crippen LogP contribution in [-0.4, -0.2) is 50.4 Å². The van der Waals surface area contributed by atoms with Gasteiger partial charge < -0.3 is 20.5 Å². The Morgan fingerprint density at radius 3 is 2.70 bits per heavy atom. The molecule has 1 amide bonds. The van der Waals surface area contributed by atoms with E-state index in [4.69, 9.17) is 10.3 Å². The molecule has 4 N–H and O–H groups in total. The number of aromatic nitrogens is 5. The van der Waals surface area contributed by atoms with E-state index in [1.165, 1.54) is 6.07 Å². The second-order valence-corrected chi connectivity index (χ2v) is 10.6. The summed E-state index contributed by atoms with van der Waals surface area (Å²) in [5, 5.41) is 15.0. The average molecular weight is 507 g/mol. The van der Waals surface area contributed by atoms with Crippen molar-refractivity contribution in [2.24, 2.45) is 5.73 Å². The summed E-state index contributed by atoms with van der Waals surface area (Å²) in [7, 11) is 0. The fraction of sp³-hybridized carbons (Fsp3) is 0.423. The van der Waals surface area contributed by atoms with Crippen molar-refractivity contribution in [3.8, 4) is 11.1 Å². The molecule has 1 saturated heterocycles. The number of hydrogen-bond acceptors (Lipinski definition) is 8. The smallest absolute Gasteiger partial charge is 0.315 e. The Labute approximate surface area is 213 Å². The first-order valence-electron chi connectivity index (χ1n) is 12.4. The van der Waals surface area contributed by atoms with Crippen LogP contribution in [0.2, 0.25) is 0 Å². The topological polar surface area (TPSA) is 139 Å². The lowest BCUT2D eigenvalue weighted by atomic mass is 9.96. The lowest BCUT2D eigenvalue weighted by Gasteiger charge is -2.30. The van der Waals surface area contributed by atoms with E-state index in [9.17, 15) is 4.79 Å². The number of amides is 1. The number of carbonyl (C=O) groups is 1. The summed E-state index contributed by atoms with van der Waals surface area (Å²) in [6, 6.07) is 6.42. The van der Waals surface area contributed by atoms with Crippen molar-refractivity contribution in [2.75, 3.05) is 18.0 Å². The summed E-state index contributed by atoms with van der Waals surface area (Å²) >= 11 is 0. The van der Waals surface area contributed by atoms with Crippen LogP contribution in [0.5, 0.6) is 0 Å². The van der Waals surface area contributed by atoms with Crippen molar-refractivity contribution in [1.29, 1.82) is 0 Å². The molecule has 5 rings (SSSR count). The van der Waals surface area contributed by atoms with Gasteiger partial charge in [-0.1, -0.05) is 38.1 Å². The van der Waals surface area contributed by atoms with Gasteiger partial charge in [0.2, 0.25) is 0 Å². The van der Waals surface area contributed by atoms with Gasteiger partial charge >= 0.3 is 11.8 Å². The van der Waals surface area contributed by atoms with Gasteiger partial charge in [0.25, 0.3) is 0 Å². The first-order valence-corrected chi connectivity index (χ1v) is 12.4. The molecule has 194 valence electrons. The Balaban J connectivity index is 1.39. The largest absolute Gasteiger partial charge is 0.354 e. The van der Waals surface area contributed by atoms with Crippen LogP contribution in [-0.2, 0) is 5.41 Å². The first-order chi connectivity index (χ1) is 17.6. The van der Waals surface area contributed by atoms with Gasteiger partial charge in [0.05, 0.1) is 11.4 Å². The highest BCUT2D eigenvalue weighted by Gasteiger charge is 2.26. The van der Waals surface area contributed by atoms with Crippen LogP contribution in [0.4, 0.5) is 10.2 Å². The third kappa shape index (κ3) is 4.91. The van der Waals surface area contributed by atoms with Crippen LogP contribution in [0.3, 0.4) is 0 Å². The normalized spacial score (nSPS) is 15.8. The first kappa shape index (κ1) is 24.8. The Bertz CT molecular complexity index is 1430. The number of piperidine rings is 1. The number of H-pyrrole nitrogens is 1. The maximum Gasteiger partial charge on any atom is 0.315 e. The highest BCUT2D eigenvalue weighted by molar-refractivity contribution is 6.00. The molecule has 3 aromatic heterocycles. The molecular formula is C26H31FN8O2. The molecule has 0 unspecified atom stereocenters. The number of aromatic amines is 1. The van der Waals surface area contributed by atoms with Gasteiger partial charge in [0.15, 0.2) is 17.3 Å². The highest BCUT2D eigenvalue weighted by atomic mass is 19.1. The predicted octanol–water partition coefficient (Wildman–Crippen LogP) is 3.86. The number of benzene rings is 1. The molecule has 11 heteroatoms. The van der Waals surface area contributed by atoms with Crippen molar-refractivity contribution in [3.63, 3.8) is 0 Å². The summed E-state index contributed by atoms with van der Waals surface area (Å²) in [6.45, 7) is 9.07. The molecule has 1 atom stereocenters. The zero-order chi connectivity index (χ0) is 26.3. The minimum absolute atomic E-state index is 0.154. The van der Waals surface area contributed by atoms with Gasteiger partial charge in [0.1, 0.15) is 5.82 Å². The van der Waals surface area contributed by atoms with E-state index in [-0.39, 0.29) is 17.3 Å². The van der Waals surface area contributed by atoms with Crippen LogP contribution < -0.4 is 16.0 Å². The molecule has 10 nitrogen and oxygen atoms in total. The fourth-order valence-corrected chi connectivity index (χ4v) is 4.52. The van der Waals surface area contributed by atoms with E-state index in [1.807, 2.05) is 32.9 Å². The summed E-state index contributed by atoms with van der Waals surface area (Å²) < 4.78 is 20.5. The molecule has 37 heavy (non-hydrogen) atoms. The summed E-state index contributed by atoms with van der Waals surface area (Å²) in [5.41, 5.74) is 8.21. The number of halogens is 1. The van der Waals surface area contributed by atoms with Gasteiger partial charge in [-0.25, -0.2) is 9.37 Å². The molecule has 0 saturated carbocycles. The van der Waals surface area contributed by atoms with Crippen molar-refractivity contribution >= 4 is 22.8 Å². The van der Waals surface area contributed by atoms with Crippen LogP contribution in [0, 0.1) is 5.82 Å². The number of nitrogens with one attached hydrogen (secondary N) is 2. The molecular weight excluding hydrogens is 475 g/mol. The SMILES string of the molecule is C[C@@H](NC(=O)c1nc(C(C)(C)C)no1)c1ccc(-c2ccnc3[nH]nc(N4CCC(N)CC4)c23)cc1F. The second kappa shape index (κ2) is 9.55. The van der Waals surface area contributed by atoms with Crippen LogP contribution in [0.1, 0.15) is 68.7 Å². The maximum absolute atomic E-state index is 15.4. The van der Waals surface area contributed by atoms with Gasteiger partial charge in [-0.2, -0.15) is 10.1 Å². The molecule has 1 aliphatic heterocycles. The lowest BCUT2D eigenvalue weighted by Crippen LogP contribution is -2.39. The Morgan fingerprint density at radius 2 is 2.03 bits per heavy atom. The Hall–Kier alpha value is -3.86. The summed E-state index contributed by atoms with van der Waals surface area (Å²) in [5.74, 6) is 0.0724. The highest BCUT2D eigenvalue weighted by Crippen LogP contribution is 2.35. The molecule has 4 heterocycles. The Morgan fingerprint density at radius 1 is 1.27 bits per heavy atom. The quantitative estimate of drug-likeness (QED) is 0.371. The number of anilines is 1. The number of fused-ring (bicyclic) bond motifs is 1. The van der Waals surface area contributed by atoms with Gasteiger partial charge in [-0.3, -0.25) is 9.89 Å². The van der Waals surface area contributed by atoms with Crippen LogP contribution in [0.25, 0.3) is 22.2 Å². The number of rotatable bonds is 5. The molecule has 1 aliphatic rings. The molecule has 0 aliphatic carbocycles. The monoisotopic (exact) mass is 506 g/mol. The van der Waals surface area contributed by atoms with E-state index in [1.54, 1.807) is 19.2 Å². The van der Waals surface area contributed by atoms with Gasteiger partial charge in [-0.05, 0) is 43.0 Å². The predicted molar refractivity (Wildman–Crippen MR) is 138 cm³/mol. The third-order valence-electron chi connectivity index (χ3n) is 6.70. The molecule has 0 spiro atoms. The summed E-state index contributed by atoms with van der Waals surface area (Å²) in [6.07, 6.45) is 3.45. The maximum atomic E-state index is 15.4. The van der Waals surface area contributed by atoms with E-state index < -0.39 is 17.8 Å². The number of hydrogen-bond donors (Lipinski definition) is 3. The zero-order valence-electron chi connectivity index (χ0n) is 21.4. The number of pyridine rings is 1. The molecule has 4 aromatic rings. The standard InChI is InChI=1S/C26H31FN8O2/c1-14(30-23(36)24-31-25(34-37-24)26(2,3)4)17-6-5-15(13-19(17)27)18-7-10-29-21-20(18)22(33-32-21)35-11-8-16(28)9-12-35/h5-7,10,13-14,16H,8-9,11-12,28H2,1-4H3,(H,30,36)(H,29,32,33)/t14-/m1/s1. The van der Waals surface area contributed by atoms with E-state index in [0.29, 0.717) is 22.6 Å². The van der Waals surface area contributed by atoms with E-state index in [2.05, 4.69) is 35.5 Å². The number of nitrogens with two attached hydrogens (primary N) is 1. The third-order valence-corrected chi connectivity index (χ3v) is 6.70. The lowest BCUT2D eigenvalue weighted by molar-refractivity contribution is 0.0895. The molecule has 1 aromatic carbocycles. The van der Waals surface area contributed by atoms with Crippen molar-refractivity contribution in [3.05, 3.63) is 53.6 Å². The average Bonchev–Trinajstić information content (AvgIpc) is 3.52. The van der Waals surface area contributed by atoms with Crippen LogP contribution in [0.15, 0.2) is 35.0 Å². The minimum atomic E-state index is -0.619. The molecule has 0 radical (unpaired) electrons. The Kier molecular flexibility index (Phi) is 6.40. The van der Waals surface area contributed by atoms with E-state index in [0.717, 1.165) is 42.7 Å². The van der Waals surface area contributed by atoms with E-state index >= 15 is 4.39 Å². The fourth-order valence-electron chi connectivity index (χ4n) is 4.52. The van der Waals surface area contributed by atoms with Crippen LogP contribution >= 0.6 is 0 Å². The van der Waals surface area contributed by atoms with Gasteiger partial charge in [-0.15, -0.1) is 0 Å². The van der Waals surface area contributed by atoms with Crippen molar-refractivity contribution in [2.45, 2.75) is 58.0 Å². The second-order valence-electron chi connectivity index (χ2n) is 10.6. The summed E-state index contributed by atoms with van der Waals surface area (Å²) in [4.78, 5) is 23.4. The number of nitrogens with zero attached hydrogens (tertiary/aromatic N) is 5. The van der Waals surface area contributed by atoms with Crippen molar-refractivity contribution < 1.29 is 13.7 Å². The molecule has 1 fully saturated rings. The zero-order valence-corrected chi connectivity index (χ0v) is 21.4. The molecule has 0 bridgehead atoms. The minimum Gasteiger partial charge on any atom is -0.354 e. The number of carbonyl (C=O) groups excluding carboxylic acids is 1. The van der Waals surface area contributed by atoms with Crippen molar-refractivity contribution in [1.82, 2.24) is 30.6 Å². The van der Waals surface area contributed by atoms with Gasteiger partial charge in [0, 0.05) is 36.3 Å².